The molecule has 182 valence electrons. The number of benzene rings is 3. The summed E-state index contributed by atoms with van der Waals surface area (Å²) in [5.74, 6) is 1.88. The molecular formula is C31H42NO2+. The first-order valence-electron chi connectivity index (χ1n) is 12.6. The molecule has 0 heterocycles. The van der Waals surface area contributed by atoms with Gasteiger partial charge in [-0.3, -0.25) is 4.48 Å². The van der Waals surface area contributed by atoms with Crippen LogP contribution in [0.2, 0.25) is 0 Å². The second kappa shape index (κ2) is 11.7. The summed E-state index contributed by atoms with van der Waals surface area (Å²) >= 11 is 0. The molecule has 0 fully saturated rings. The zero-order chi connectivity index (χ0) is 24.6. The molecule has 3 heteroatoms. The predicted molar refractivity (Wildman–Crippen MR) is 144 cm³/mol. The largest absolute Gasteiger partial charge is 0.491 e. The van der Waals surface area contributed by atoms with E-state index < -0.39 is 5.72 Å². The third-order valence-electron chi connectivity index (χ3n) is 6.49. The molecule has 0 aliphatic heterocycles. The van der Waals surface area contributed by atoms with Gasteiger partial charge in [0.1, 0.15) is 18.0 Å². The highest BCUT2D eigenvalue weighted by Crippen LogP contribution is 2.45. The van der Waals surface area contributed by atoms with Crippen molar-refractivity contribution < 1.29 is 9.47 Å². The summed E-state index contributed by atoms with van der Waals surface area (Å²) in [7, 11) is 4.56. The topological polar surface area (TPSA) is 18.5 Å². The minimum absolute atomic E-state index is 0.447. The van der Waals surface area contributed by atoms with Gasteiger partial charge in [0.15, 0.2) is 0 Å². The lowest BCUT2D eigenvalue weighted by molar-refractivity contribution is -0.157. The average Bonchev–Trinajstić information content (AvgIpc) is 2.82. The minimum Gasteiger partial charge on any atom is -0.491 e. The second-order valence-corrected chi connectivity index (χ2v) is 10.4. The average molecular weight is 461 g/mol. The van der Waals surface area contributed by atoms with Crippen molar-refractivity contribution in [3.63, 3.8) is 0 Å². The zero-order valence-electron chi connectivity index (χ0n) is 21.8. The smallest absolute Gasteiger partial charge is 0.234 e. The van der Waals surface area contributed by atoms with Crippen LogP contribution >= 0.6 is 0 Å². The van der Waals surface area contributed by atoms with Crippen molar-refractivity contribution in [2.75, 3.05) is 27.3 Å². The van der Waals surface area contributed by atoms with Gasteiger partial charge in [-0.25, -0.2) is 0 Å². The van der Waals surface area contributed by atoms with Gasteiger partial charge in [0.2, 0.25) is 5.72 Å². The number of para-hydroxylation sites is 2. The Bertz CT molecular complexity index is 998. The van der Waals surface area contributed by atoms with E-state index in [1.165, 1.54) is 16.8 Å². The van der Waals surface area contributed by atoms with Crippen LogP contribution in [0.3, 0.4) is 0 Å². The van der Waals surface area contributed by atoms with Crippen LogP contribution in [0.5, 0.6) is 5.75 Å². The Kier molecular flexibility index (Phi) is 8.93. The van der Waals surface area contributed by atoms with E-state index in [1.54, 1.807) is 0 Å². The molecule has 0 amide bonds. The minimum atomic E-state index is -0.555. The van der Waals surface area contributed by atoms with Gasteiger partial charge < -0.3 is 9.47 Å². The maximum Gasteiger partial charge on any atom is 0.234 e. The molecule has 0 spiro atoms. The van der Waals surface area contributed by atoms with Crippen LogP contribution in [-0.2, 0) is 16.9 Å². The molecule has 3 aromatic carbocycles. The molecule has 0 saturated heterocycles. The van der Waals surface area contributed by atoms with Crippen molar-refractivity contribution in [2.24, 2.45) is 11.8 Å². The Morgan fingerprint density at radius 1 is 0.706 bits per heavy atom. The molecule has 34 heavy (non-hydrogen) atoms. The van der Waals surface area contributed by atoms with E-state index in [2.05, 4.69) is 96.4 Å². The molecule has 3 rings (SSSR count). The van der Waals surface area contributed by atoms with Gasteiger partial charge >= 0.3 is 0 Å². The molecule has 0 N–H and O–H groups in total. The lowest BCUT2D eigenvalue weighted by Gasteiger charge is -2.49. The third kappa shape index (κ3) is 6.08. The normalized spacial score (nSPS) is 13.8. The van der Waals surface area contributed by atoms with E-state index in [0.29, 0.717) is 29.5 Å². The van der Waals surface area contributed by atoms with Gasteiger partial charge in [-0.05, 0) is 54.2 Å². The maximum atomic E-state index is 7.04. The summed E-state index contributed by atoms with van der Waals surface area (Å²) in [4.78, 5) is 0. The van der Waals surface area contributed by atoms with Crippen LogP contribution in [0, 0.1) is 11.8 Å². The van der Waals surface area contributed by atoms with Crippen molar-refractivity contribution in [3.05, 3.63) is 96.1 Å². The molecule has 0 bridgehead atoms. The first kappa shape index (κ1) is 26.0. The van der Waals surface area contributed by atoms with Crippen LogP contribution < -0.4 is 9.22 Å². The van der Waals surface area contributed by atoms with Crippen LogP contribution in [0.25, 0.3) is 0 Å². The summed E-state index contributed by atoms with van der Waals surface area (Å²) in [6.07, 6.45) is 1.92. The van der Waals surface area contributed by atoms with Crippen molar-refractivity contribution in [1.29, 1.82) is 0 Å². The predicted octanol–water partition coefficient (Wildman–Crippen LogP) is 7.45. The SMILES string of the molecule is CC(C)Cc1ccccc1C(CC(C)C)(OCCOc1ccccc1)[N+](C)(C)c1ccccc1. The van der Waals surface area contributed by atoms with Crippen molar-refractivity contribution in [3.8, 4) is 5.75 Å². The van der Waals surface area contributed by atoms with Crippen molar-refractivity contribution in [1.82, 2.24) is 4.48 Å². The lowest BCUT2D eigenvalue weighted by Crippen LogP contribution is -2.61. The Morgan fingerprint density at radius 3 is 1.91 bits per heavy atom. The zero-order valence-corrected chi connectivity index (χ0v) is 21.8. The summed E-state index contributed by atoms with van der Waals surface area (Å²) in [6, 6.07) is 29.6. The van der Waals surface area contributed by atoms with Gasteiger partial charge in [0, 0.05) is 12.0 Å². The Hall–Kier alpha value is -2.62. The monoisotopic (exact) mass is 460 g/mol. The number of nitrogens with zero attached hydrogens (tertiary/aromatic N) is 1. The lowest BCUT2D eigenvalue weighted by atomic mass is 9.84. The molecule has 1 unspecified atom stereocenters. The van der Waals surface area contributed by atoms with Crippen molar-refractivity contribution >= 4 is 5.69 Å². The number of hydrogen-bond donors (Lipinski definition) is 0. The summed E-state index contributed by atoms with van der Waals surface area (Å²) < 4.78 is 13.7. The quantitative estimate of drug-likeness (QED) is 0.159. The van der Waals surface area contributed by atoms with E-state index in [-0.39, 0.29) is 0 Å². The molecule has 0 saturated carbocycles. The molecule has 0 radical (unpaired) electrons. The molecule has 0 aliphatic carbocycles. The van der Waals surface area contributed by atoms with Crippen LogP contribution in [0.1, 0.15) is 45.2 Å². The van der Waals surface area contributed by atoms with Crippen LogP contribution in [-0.4, -0.2) is 27.3 Å². The molecule has 1 atom stereocenters. The first-order chi connectivity index (χ1) is 16.3. The first-order valence-corrected chi connectivity index (χ1v) is 12.6. The number of ether oxygens (including phenoxy) is 2. The van der Waals surface area contributed by atoms with E-state index in [4.69, 9.17) is 9.47 Å². The highest BCUT2D eigenvalue weighted by molar-refractivity contribution is 5.47. The van der Waals surface area contributed by atoms with Gasteiger partial charge in [0.05, 0.1) is 20.7 Å². The maximum absolute atomic E-state index is 7.04. The van der Waals surface area contributed by atoms with E-state index >= 15 is 0 Å². The summed E-state index contributed by atoms with van der Waals surface area (Å²) in [5, 5.41) is 0. The Labute approximate surface area is 206 Å². The van der Waals surface area contributed by atoms with E-state index in [0.717, 1.165) is 18.6 Å². The fourth-order valence-corrected chi connectivity index (χ4v) is 4.91. The molecule has 0 aliphatic rings. The van der Waals surface area contributed by atoms with Crippen molar-refractivity contribution in [2.45, 2.75) is 46.3 Å². The summed E-state index contributed by atoms with van der Waals surface area (Å²) in [6.45, 7) is 10.2. The fraction of sp³-hybridized carbons (Fsp3) is 0.419. The highest BCUT2D eigenvalue weighted by Gasteiger charge is 2.51. The Morgan fingerprint density at radius 2 is 1.29 bits per heavy atom. The second-order valence-electron chi connectivity index (χ2n) is 10.4. The van der Waals surface area contributed by atoms with Gasteiger partial charge in [-0.2, -0.15) is 0 Å². The van der Waals surface area contributed by atoms with E-state index in [9.17, 15) is 0 Å². The Balaban J connectivity index is 2.06. The number of quaternary nitrogens is 1. The number of rotatable bonds is 12. The third-order valence-corrected chi connectivity index (χ3v) is 6.49. The number of hydrogen-bond acceptors (Lipinski definition) is 2. The summed E-state index contributed by atoms with van der Waals surface area (Å²) in [5.41, 5.74) is 3.32. The fourth-order valence-electron chi connectivity index (χ4n) is 4.91. The van der Waals surface area contributed by atoms with Gasteiger partial charge in [-0.15, -0.1) is 0 Å². The standard InChI is InChI=1S/C31H42NO2/c1-25(2)23-27-15-13-14-20-30(27)31(24-26(3)4,32(5,6)28-16-9-7-10-17-28)34-22-21-33-29-18-11-8-12-19-29/h7-20,25-26H,21-24H2,1-6H3/q+1. The highest BCUT2D eigenvalue weighted by atomic mass is 16.6. The molecule has 0 aromatic heterocycles. The van der Waals surface area contributed by atoms with E-state index in [1.807, 2.05) is 30.3 Å². The van der Waals surface area contributed by atoms with Gasteiger partial charge in [-0.1, -0.05) is 82.3 Å². The molecule has 3 nitrogen and oxygen atoms in total. The van der Waals surface area contributed by atoms with Gasteiger partial charge in [0.25, 0.3) is 0 Å². The van der Waals surface area contributed by atoms with Crippen LogP contribution in [0.4, 0.5) is 5.69 Å². The molecular weight excluding hydrogens is 418 g/mol. The van der Waals surface area contributed by atoms with Crippen LogP contribution in [0.15, 0.2) is 84.9 Å². The molecule has 3 aromatic rings.